The molecule has 1 aliphatic rings. The van der Waals surface area contributed by atoms with Crippen LogP contribution in [0, 0.1) is 0 Å². The largest absolute Gasteiger partial charge is 0.492 e. The molecule has 0 aliphatic carbocycles. The van der Waals surface area contributed by atoms with Gasteiger partial charge in [0.1, 0.15) is 18.1 Å². The Bertz CT molecular complexity index is 559. The molecule has 1 heterocycles. The fourth-order valence-corrected chi connectivity index (χ4v) is 2.12. The number of carbonyl (C=O) groups is 2. The molecule has 0 unspecified atom stereocenters. The third kappa shape index (κ3) is 3.80. The highest BCUT2D eigenvalue weighted by Gasteiger charge is 2.23. The van der Waals surface area contributed by atoms with Crippen molar-refractivity contribution in [3.8, 4) is 5.75 Å². The van der Waals surface area contributed by atoms with Gasteiger partial charge in [0, 0.05) is 17.3 Å². The molecule has 1 N–H and O–H groups in total. The molecule has 7 heteroatoms. The van der Waals surface area contributed by atoms with Crippen molar-refractivity contribution in [3.63, 3.8) is 0 Å². The van der Waals surface area contributed by atoms with Gasteiger partial charge < -0.3 is 9.84 Å². The maximum Gasteiger partial charge on any atom is 0.352 e. The van der Waals surface area contributed by atoms with E-state index < -0.39 is 5.97 Å². The minimum absolute atomic E-state index is 0.00653. The maximum atomic E-state index is 11.6. The fourth-order valence-electron chi connectivity index (χ4n) is 1.74. The van der Waals surface area contributed by atoms with Crippen molar-refractivity contribution < 1.29 is 19.4 Å². The lowest BCUT2D eigenvalue weighted by molar-refractivity contribution is -0.133. The van der Waals surface area contributed by atoms with Crippen LogP contribution in [0.1, 0.15) is 12.8 Å². The van der Waals surface area contributed by atoms with Gasteiger partial charge in [0.05, 0.1) is 6.54 Å². The summed E-state index contributed by atoms with van der Waals surface area (Å²) in [5, 5.41) is 13.9. The van der Waals surface area contributed by atoms with Gasteiger partial charge in [0.25, 0.3) is 0 Å². The molecule has 1 aliphatic heterocycles. The summed E-state index contributed by atoms with van der Waals surface area (Å²) in [5.74, 6) is -0.602. The molecule has 0 aromatic heterocycles. The molecule has 1 aromatic carbocycles. The van der Waals surface area contributed by atoms with Crippen LogP contribution in [-0.2, 0) is 9.59 Å². The van der Waals surface area contributed by atoms with E-state index in [9.17, 15) is 9.59 Å². The minimum atomic E-state index is -1.09. The standard InChI is InChI=1S/C13H13BrN2O4/c14-9-2-1-3-10(8-9)20-7-6-16-12(17)5-4-11(15-16)13(18)19/h1-3,8H,4-7H2,(H,18,19). The molecule has 6 nitrogen and oxygen atoms in total. The van der Waals surface area contributed by atoms with Gasteiger partial charge in [-0.3, -0.25) is 4.79 Å². The van der Waals surface area contributed by atoms with Crippen molar-refractivity contribution >= 4 is 33.5 Å². The summed E-state index contributed by atoms with van der Waals surface area (Å²) in [6.07, 6.45) is 0.346. The smallest absolute Gasteiger partial charge is 0.352 e. The maximum absolute atomic E-state index is 11.6. The molecular formula is C13H13BrN2O4. The Kier molecular flexibility index (Phi) is 4.73. The number of carbonyl (C=O) groups excluding carboxylic acids is 1. The second-order valence-electron chi connectivity index (χ2n) is 4.17. The Morgan fingerprint density at radius 1 is 1.45 bits per heavy atom. The van der Waals surface area contributed by atoms with Crippen LogP contribution >= 0.6 is 15.9 Å². The lowest BCUT2D eigenvalue weighted by atomic mass is 10.2. The number of ether oxygens (including phenoxy) is 1. The Morgan fingerprint density at radius 2 is 2.25 bits per heavy atom. The normalized spacial score (nSPS) is 14.9. The second kappa shape index (κ2) is 6.51. The molecule has 0 saturated heterocycles. The summed E-state index contributed by atoms with van der Waals surface area (Å²) in [6, 6.07) is 7.33. The summed E-state index contributed by atoms with van der Waals surface area (Å²) in [4.78, 5) is 22.5. The molecule has 0 spiro atoms. The first kappa shape index (κ1) is 14.5. The summed E-state index contributed by atoms with van der Waals surface area (Å²) >= 11 is 3.33. The number of hydrogen-bond donors (Lipinski definition) is 1. The van der Waals surface area contributed by atoms with Crippen LogP contribution in [0.4, 0.5) is 0 Å². The highest BCUT2D eigenvalue weighted by molar-refractivity contribution is 9.10. The second-order valence-corrected chi connectivity index (χ2v) is 5.09. The van der Waals surface area contributed by atoms with Crippen LogP contribution in [0.25, 0.3) is 0 Å². The van der Waals surface area contributed by atoms with Crippen LogP contribution < -0.4 is 4.74 Å². The van der Waals surface area contributed by atoms with E-state index in [4.69, 9.17) is 9.84 Å². The molecule has 0 saturated carbocycles. The Labute approximate surface area is 124 Å². The van der Waals surface area contributed by atoms with Crippen LogP contribution in [0.5, 0.6) is 5.75 Å². The third-order valence-electron chi connectivity index (χ3n) is 2.72. The highest BCUT2D eigenvalue weighted by atomic mass is 79.9. The minimum Gasteiger partial charge on any atom is -0.492 e. The lowest BCUT2D eigenvalue weighted by Gasteiger charge is -2.22. The molecule has 0 radical (unpaired) electrons. The Hall–Kier alpha value is -1.89. The summed E-state index contributed by atoms with van der Waals surface area (Å²) in [6.45, 7) is 0.473. The predicted molar refractivity (Wildman–Crippen MR) is 75.7 cm³/mol. The number of carboxylic acid groups (broad SMARTS) is 1. The number of amides is 1. The number of nitrogens with zero attached hydrogens (tertiary/aromatic N) is 2. The van der Waals surface area contributed by atoms with E-state index in [2.05, 4.69) is 21.0 Å². The number of aliphatic carboxylic acids is 1. The zero-order valence-corrected chi connectivity index (χ0v) is 12.2. The lowest BCUT2D eigenvalue weighted by Crippen LogP contribution is -2.36. The van der Waals surface area contributed by atoms with Crippen molar-refractivity contribution in [1.82, 2.24) is 5.01 Å². The van der Waals surface area contributed by atoms with Crippen molar-refractivity contribution in [2.75, 3.05) is 13.2 Å². The van der Waals surface area contributed by atoms with E-state index in [0.29, 0.717) is 5.75 Å². The molecular weight excluding hydrogens is 328 g/mol. The van der Waals surface area contributed by atoms with Gasteiger partial charge in [0.2, 0.25) is 5.91 Å². The quantitative estimate of drug-likeness (QED) is 0.887. The van der Waals surface area contributed by atoms with Gasteiger partial charge in [-0.05, 0) is 18.2 Å². The van der Waals surface area contributed by atoms with Gasteiger partial charge in [-0.1, -0.05) is 22.0 Å². The number of hydrogen-bond acceptors (Lipinski definition) is 4. The zero-order chi connectivity index (χ0) is 14.5. The average Bonchev–Trinajstić information content (AvgIpc) is 2.40. The first-order valence-corrected chi connectivity index (χ1v) is 6.85. The van der Waals surface area contributed by atoms with Crippen LogP contribution in [-0.4, -0.2) is 40.9 Å². The fraction of sp³-hybridized carbons (Fsp3) is 0.308. The Morgan fingerprint density at radius 3 is 2.95 bits per heavy atom. The van der Waals surface area contributed by atoms with Crippen molar-refractivity contribution in [1.29, 1.82) is 0 Å². The van der Waals surface area contributed by atoms with Crippen LogP contribution in [0.15, 0.2) is 33.8 Å². The summed E-state index contributed by atoms with van der Waals surface area (Å²) < 4.78 is 6.39. The number of rotatable bonds is 5. The average molecular weight is 341 g/mol. The number of benzene rings is 1. The topological polar surface area (TPSA) is 79.2 Å². The van der Waals surface area contributed by atoms with Crippen molar-refractivity contribution in [2.24, 2.45) is 5.10 Å². The molecule has 106 valence electrons. The molecule has 2 rings (SSSR count). The van der Waals surface area contributed by atoms with E-state index in [-0.39, 0.29) is 37.6 Å². The molecule has 1 aromatic rings. The van der Waals surface area contributed by atoms with E-state index in [1.54, 1.807) is 6.07 Å². The zero-order valence-electron chi connectivity index (χ0n) is 10.6. The SMILES string of the molecule is O=C(O)C1=NN(CCOc2cccc(Br)c2)C(=O)CC1. The first-order chi connectivity index (χ1) is 9.56. The first-order valence-electron chi connectivity index (χ1n) is 6.06. The van der Waals surface area contributed by atoms with Crippen molar-refractivity contribution in [2.45, 2.75) is 12.8 Å². The van der Waals surface area contributed by atoms with Gasteiger partial charge in [-0.15, -0.1) is 0 Å². The van der Waals surface area contributed by atoms with Crippen molar-refractivity contribution in [3.05, 3.63) is 28.7 Å². The summed E-state index contributed by atoms with van der Waals surface area (Å²) in [5.41, 5.74) is 0.00653. The van der Waals surface area contributed by atoms with Gasteiger partial charge in [-0.25, -0.2) is 9.80 Å². The van der Waals surface area contributed by atoms with E-state index in [1.165, 1.54) is 0 Å². The third-order valence-corrected chi connectivity index (χ3v) is 3.21. The van der Waals surface area contributed by atoms with Crippen LogP contribution in [0.3, 0.4) is 0 Å². The molecule has 1 amide bonds. The van der Waals surface area contributed by atoms with E-state index in [1.807, 2.05) is 18.2 Å². The monoisotopic (exact) mass is 340 g/mol. The van der Waals surface area contributed by atoms with Gasteiger partial charge in [-0.2, -0.15) is 5.10 Å². The van der Waals surface area contributed by atoms with Crippen LogP contribution in [0.2, 0.25) is 0 Å². The molecule has 20 heavy (non-hydrogen) atoms. The van der Waals surface area contributed by atoms with Gasteiger partial charge >= 0.3 is 5.97 Å². The number of carboxylic acids is 1. The number of hydrazone groups is 1. The molecule has 0 bridgehead atoms. The summed E-state index contributed by atoms with van der Waals surface area (Å²) in [7, 11) is 0. The highest BCUT2D eigenvalue weighted by Crippen LogP contribution is 2.18. The Balaban J connectivity index is 1.91. The van der Waals surface area contributed by atoms with Gasteiger partial charge in [0.15, 0.2) is 0 Å². The molecule has 0 atom stereocenters. The van der Waals surface area contributed by atoms with E-state index >= 15 is 0 Å². The predicted octanol–water partition coefficient (Wildman–Crippen LogP) is 1.89. The van der Waals surface area contributed by atoms with E-state index in [0.717, 1.165) is 9.48 Å². The molecule has 0 fully saturated rings. The number of halogens is 1.